The molecule has 0 N–H and O–H groups in total. The van der Waals surface area contributed by atoms with Crippen LogP contribution in [0.15, 0.2) is 35.7 Å². The van der Waals surface area contributed by atoms with E-state index in [0.29, 0.717) is 4.88 Å². The molecule has 1 aromatic heterocycles. The van der Waals surface area contributed by atoms with Crippen molar-refractivity contribution in [2.45, 2.75) is 0 Å². The molecule has 2 rings (SSSR count). The van der Waals surface area contributed by atoms with Crippen LogP contribution in [-0.2, 0) is 0 Å². The number of thiophene rings is 1. The lowest BCUT2D eigenvalue weighted by Crippen LogP contribution is -2.00. The van der Waals surface area contributed by atoms with Gasteiger partial charge in [-0.15, -0.1) is 11.3 Å². The quantitative estimate of drug-likeness (QED) is 0.731. The Bertz CT molecular complexity index is 493. The number of rotatable bonds is 2. The van der Waals surface area contributed by atoms with Gasteiger partial charge >= 0.3 is 0 Å². The van der Waals surface area contributed by atoms with Gasteiger partial charge in [-0.3, -0.25) is 4.79 Å². The van der Waals surface area contributed by atoms with Gasteiger partial charge in [0.25, 0.3) is 0 Å². The highest BCUT2D eigenvalue weighted by Gasteiger charge is 2.14. The third-order valence-electron chi connectivity index (χ3n) is 1.92. The van der Waals surface area contributed by atoms with Crippen LogP contribution in [0.5, 0.6) is 0 Å². The van der Waals surface area contributed by atoms with Crippen molar-refractivity contribution in [3.63, 3.8) is 0 Å². The minimum absolute atomic E-state index is 0.208. The number of ketones is 1. The van der Waals surface area contributed by atoms with E-state index in [9.17, 15) is 9.18 Å². The van der Waals surface area contributed by atoms with Gasteiger partial charge < -0.3 is 0 Å². The Morgan fingerprint density at radius 1 is 1.33 bits per heavy atom. The molecular weight excluding hydrogens is 235 g/mol. The van der Waals surface area contributed by atoms with Crippen molar-refractivity contribution in [3.05, 3.63) is 57.0 Å². The molecule has 0 saturated carbocycles. The van der Waals surface area contributed by atoms with Crippen molar-refractivity contribution >= 4 is 28.7 Å². The fourth-order valence-corrected chi connectivity index (χ4v) is 2.09. The van der Waals surface area contributed by atoms with E-state index in [-0.39, 0.29) is 16.4 Å². The molecule has 1 aromatic carbocycles. The van der Waals surface area contributed by atoms with Gasteiger partial charge in [0.1, 0.15) is 5.82 Å². The first kappa shape index (κ1) is 10.3. The van der Waals surface area contributed by atoms with Gasteiger partial charge in [-0.2, -0.15) is 0 Å². The second-order valence-corrected chi connectivity index (χ2v) is 4.29. The second-order valence-electron chi connectivity index (χ2n) is 2.93. The van der Waals surface area contributed by atoms with E-state index in [1.54, 1.807) is 17.5 Å². The average Bonchev–Trinajstić information content (AvgIpc) is 2.74. The molecule has 0 bridgehead atoms. The highest BCUT2D eigenvalue weighted by molar-refractivity contribution is 7.12. The van der Waals surface area contributed by atoms with Gasteiger partial charge in [-0.25, -0.2) is 4.39 Å². The van der Waals surface area contributed by atoms with E-state index in [1.165, 1.54) is 23.5 Å². The Kier molecular flexibility index (Phi) is 2.84. The summed E-state index contributed by atoms with van der Waals surface area (Å²) < 4.78 is 12.9. The van der Waals surface area contributed by atoms with Crippen LogP contribution in [0.3, 0.4) is 0 Å². The van der Waals surface area contributed by atoms with Gasteiger partial charge in [0.2, 0.25) is 5.78 Å². The topological polar surface area (TPSA) is 17.1 Å². The predicted octanol–water partition coefficient (Wildman–Crippen LogP) is 3.77. The van der Waals surface area contributed by atoms with E-state index in [0.717, 1.165) is 6.07 Å². The molecule has 0 aliphatic rings. The molecule has 2 aromatic rings. The highest BCUT2D eigenvalue weighted by atomic mass is 35.5. The standard InChI is InChI=1S/C11H6ClFOS/c12-9-4-3-7(13)6-8(9)11(14)10-2-1-5-15-10/h1-6H. The summed E-state index contributed by atoms with van der Waals surface area (Å²) in [6.07, 6.45) is 0. The van der Waals surface area contributed by atoms with Crippen molar-refractivity contribution < 1.29 is 9.18 Å². The summed E-state index contributed by atoms with van der Waals surface area (Å²) in [5.41, 5.74) is 0.208. The molecule has 1 nitrogen and oxygen atoms in total. The fourth-order valence-electron chi connectivity index (χ4n) is 1.21. The smallest absolute Gasteiger partial charge is 0.204 e. The number of benzene rings is 1. The van der Waals surface area contributed by atoms with Crippen LogP contribution in [0, 0.1) is 5.82 Å². The van der Waals surface area contributed by atoms with Crippen LogP contribution >= 0.6 is 22.9 Å². The number of halogens is 2. The van der Waals surface area contributed by atoms with E-state index in [4.69, 9.17) is 11.6 Å². The first-order valence-electron chi connectivity index (χ1n) is 4.22. The Morgan fingerprint density at radius 2 is 2.13 bits per heavy atom. The zero-order valence-electron chi connectivity index (χ0n) is 7.54. The molecule has 0 fully saturated rings. The van der Waals surface area contributed by atoms with Crippen molar-refractivity contribution in [3.8, 4) is 0 Å². The Labute approximate surface area is 95.1 Å². The summed E-state index contributed by atoms with van der Waals surface area (Å²) in [6, 6.07) is 7.23. The zero-order valence-corrected chi connectivity index (χ0v) is 9.11. The van der Waals surface area contributed by atoms with Crippen molar-refractivity contribution in [2.75, 3.05) is 0 Å². The summed E-state index contributed by atoms with van der Waals surface area (Å²) in [7, 11) is 0. The summed E-state index contributed by atoms with van der Waals surface area (Å²) >= 11 is 7.13. The summed E-state index contributed by atoms with van der Waals surface area (Å²) in [6.45, 7) is 0. The highest BCUT2D eigenvalue weighted by Crippen LogP contribution is 2.22. The van der Waals surface area contributed by atoms with Crippen LogP contribution in [0.4, 0.5) is 4.39 Å². The zero-order chi connectivity index (χ0) is 10.8. The molecule has 0 spiro atoms. The van der Waals surface area contributed by atoms with E-state index < -0.39 is 5.82 Å². The summed E-state index contributed by atoms with van der Waals surface area (Å²) in [5, 5.41) is 2.07. The molecule has 1 heterocycles. The van der Waals surface area contributed by atoms with Gasteiger partial charge in [0, 0.05) is 5.56 Å². The van der Waals surface area contributed by atoms with Crippen molar-refractivity contribution in [1.29, 1.82) is 0 Å². The lowest BCUT2D eigenvalue weighted by molar-refractivity contribution is 0.104. The molecule has 0 saturated heterocycles. The van der Waals surface area contributed by atoms with E-state index in [2.05, 4.69) is 0 Å². The lowest BCUT2D eigenvalue weighted by Gasteiger charge is -2.01. The SMILES string of the molecule is O=C(c1cccs1)c1cc(F)ccc1Cl. The van der Waals surface area contributed by atoms with Crippen LogP contribution in [0.25, 0.3) is 0 Å². The molecule has 0 radical (unpaired) electrons. The molecular formula is C11H6ClFOS. The third-order valence-corrected chi connectivity index (χ3v) is 3.12. The normalized spacial score (nSPS) is 10.3. The van der Waals surface area contributed by atoms with Crippen molar-refractivity contribution in [1.82, 2.24) is 0 Å². The van der Waals surface area contributed by atoms with Gasteiger partial charge in [-0.1, -0.05) is 17.7 Å². The molecule has 0 unspecified atom stereocenters. The maximum atomic E-state index is 12.9. The first-order chi connectivity index (χ1) is 7.18. The fraction of sp³-hybridized carbons (Fsp3) is 0. The minimum Gasteiger partial charge on any atom is -0.288 e. The largest absolute Gasteiger partial charge is 0.288 e. The van der Waals surface area contributed by atoms with Crippen LogP contribution in [0.1, 0.15) is 15.2 Å². The predicted molar refractivity (Wildman–Crippen MR) is 59.2 cm³/mol. The Balaban J connectivity index is 2.46. The maximum absolute atomic E-state index is 12.9. The molecule has 0 amide bonds. The lowest BCUT2D eigenvalue weighted by atomic mass is 10.1. The van der Waals surface area contributed by atoms with Gasteiger partial charge in [0.05, 0.1) is 9.90 Å². The van der Waals surface area contributed by atoms with Crippen molar-refractivity contribution in [2.24, 2.45) is 0 Å². The van der Waals surface area contributed by atoms with Gasteiger partial charge in [-0.05, 0) is 29.6 Å². The second kappa shape index (κ2) is 4.13. The molecule has 4 heteroatoms. The molecule has 0 aliphatic heterocycles. The van der Waals surface area contributed by atoms with Crippen LogP contribution in [0.2, 0.25) is 5.02 Å². The minimum atomic E-state index is -0.459. The maximum Gasteiger partial charge on any atom is 0.204 e. The number of hydrogen-bond donors (Lipinski definition) is 0. The molecule has 0 aliphatic carbocycles. The third kappa shape index (κ3) is 2.08. The van der Waals surface area contributed by atoms with Crippen LogP contribution in [-0.4, -0.2) is 5.78 Å². The van der Waals surface area contributed by atoms with Crippen LogP contribution < -0.4 is 0 Å². The summed E-state index contributed by atoms with van der Waals surface area (Å²) in [5.74, 6) is -0.700. The summed E-state index contributed by atoms with van der Waals surface area (Å²) in [4.78, 5) is 12.4. The Morgan fingerprint density at radius 3 is 2.80 bits per heavy atom. The van der Waals surface area contributed by atoms with E-state index in [1.807, 2.05) is 0 Å². The molecule has 15 heavy (non-hydrogen) atoms. The monoisotopic (exact) mass is 240 g/mol. The molecule has 0 atom stereocenters. The van der Waals surface area contributed by atoms with E-state index >= 15 is 0 Å². The number of carbonyl (C=O) groups excluding carboxylic acids is 1. The number of carbonyl (C=O) groups is 1. The first-order valence-corrected chi connectivity index (χ1v) is 5.47. The van der Waals surface area contributed by atoms with Gasteiger partial charge in [0.15, 0.2) is 0 Å². The average molecular weight is 241 g/mol. The molecule has 76 valence electrons. The number of hydrogen-bond acceptors (Lipinski definition) is 2. The Hall–Kier alpha value is -1.19.